The number of aliphatic hydroxyl groups excluding tert-OH is 1. The van der Waals surface area contributed by atoms with Crippen molar-refractivity contribution in [3.63, 3.8) is 0 Å². The molecule has 4 nitrogen and oxygen atoms in total. The van der Waals surface area contributed by atoms with Gasteiger partial charge in [0.2, 0.25) is 0 Å². The van der Waals surface area contributed by atoms with Crippen LogP contribution < -0.4 is 0 Å². The van der Waals surface area contributed by atoms with E-state index in [-0.39, 0.29) is 34.9 Å². The third-order valence-corrected chi connectivity index (χ3v) is 10.8. The molecule has 4 saturated carbocycles. The zero-order chi connectivity index (χ0) is 23.9. The number of carbonyl (C=O) groups excluding carboxylic acids is 1. The van der Waals surface area contributed by atoms with Crippen molar-refractivity contribution < 1.29 is 19.4 Å². The molecule has 10 atom stereocenters. The molecule has 0 spiro atoms. The zero-order valence-corrected chi connectivity index (χ0v) is 22.1. The number of aliphatic hydroxyl groups is 1. The van der Waals surface area contributed by atoms with Gasteiger partial charge in [0.1, 0.15) is 6.10 Å². The summed E-state index contributed by atoms with van der Waals surface area (Å²) in [5.74, 6) is 2.50. The Morgan fingerprint density at radius 1 is 1.00 bits per heavy atom. The van der Waals surface area contributed by atoms with E-state index in [1.807, 2.05) is 13.8 Å². The molecule has 4 aliphatic rings. The minimum Gasteiger partial charge on any atom is -0.463 e. The van der Waals surface area contributed by atoms with E-state index in [9.17, 15) is 9.90 Å². The minimum absolute atomic E-state index is 0.0562. The third kappa shape index (κ3) is 3.96. The molecule has 0 amide bonds. The van der Waals surface area contributed by atoms with Crippen molar-refractivity contribution in [2.45, 2.75) is 112 Å². The van der Waals surface area contributed by atoms with Gasteiger partial charge >= 0.3 is 5.97 Å². The van der Waals surface area contributed by atoms with Gasteiger partial charge in [-0.25, -0.2) is 0 Å². The number of rotatable bonds is 3. The Bertz CT molecular complexity index is 664. The average Bonchev–Trinajstić information content (AvgIpc) is 2.73. The van der Waals surface area contributed by atoms with E-state index >= 15 is 0 Å². The first-order valence-corrected chi connectivity index (χ1v) is 13.4. The van der Waals surface area contributed by atoms with Crippen LogP contribution >= 0.6 is 0 Å². The summed E-state index contributed by atoms with van der Waals surface area (Å²) in [6, 6.07) is 0. The van der Waals surface area contributed by atoms with Gasteiger partial charge in [0.25, 0.3) is 0 Å². The highest BCUT2D eigenvalue weighted by Gasteiger charge is 2.67. The third-order valence-electron chi connectivity index (χ3n) is 10.8. The molecule has 186 valence electrons. The van der Waals surface area contributed by atoms with Gasteiger partial charge in [-0.2, -0.15) is 0 Å². The molecule has 0 bridgehead atoms. The molecule has 0 aromatic carbocycles. The maximum Gasteiger partial charge on any atom is 0.302 e. The molecule has 4 heteroatoms. The topological polar surface area (TPSA) is 55.8 Å². The normalized spacial score (nSPS) is 50.1. The number of esters is 1. The lowest BCUT2D eigenvalue weighted by Crippen LogP contribution is -2.67. The zero-order valence-electron chi connectivity index (χ0n) is 22.1. The van der Waals surface area contributed by atoms with E-state index in [0.717, 1.165) is 31.1 Å². The molecule has 0 heterocycles. The van der Waals surface area contributed by atoms with Crippen molar-refractivity contribution in [2.24, 2.45) is 45.8 Å². The fourth-order valence-corrected chi connectivity index (χ4v) is 9.45. The number of ether oxygens (including phenoxy) is 2. The summed E-state index contributed by atoms with van der Waals surface area (Å²) in [5, 5.41) is 11.7. The molecule has 32 heavy (non-hydrogen) atoms. The highest BCUT2D eigenvalue weighted by atomic mass is 16.5. The van der Waals surface area contributed by atoms with E-state index in [4.69, 9.17) is 9.47 Å². The maximum absolute atomic E-state index is 11.8. The van der Waals surface area contributed by atoms with Crippen molar-refractivity contribution in [1.29, 1.82) is 0 Å². The van der Waals surface area contributed by atoms with Crippen molar-refractivity contribution in [1.82, 2.24) is 0 Å². The smallest absolute Gasteiger partial charge is 0.302 e. The Labute approximate surface area is 197 Å². The second-order valence-electron chi connectivity index (χ2n) is 12.1. The van der Waals surface area contributed by atoms with Gasteiger partial charge in [-0.05, 0) is 78.9 Å². The van der Waals surface area contributed by atoms with E-state index in [1.54, 1.807) is 7.11 Å². The van der Waals surface area contributed by atoms with Gasteiger partial charge in [0.15, 0.2) is 0 Å². The van der Waals surface area contributed by atoms with E-state index < -0.39 is 0 Å². The summed E-state index contributed by atoms with van der Waals surface area (Å²) < 4.78 is 11.4. The van der Waals surface area contributed by atoms with Crippen molar-refractivity contribution >= 4 is 5.97 Å². The number of hydrogen-bond donors (Lipinski definition) is 1. The lowest BCUT2D eigenvalue weighted by Gasteiger charge is -2.70. The van der Waals surface area contributed by atoms with Crippen LogP contribution in [0.1, 0.15) is 99.8 Å². The predicted octanol–water partition coefficient (Wildman–Crippen LogP) is 6.25. The molecule has 0 aromatic heterocycles. The van der Waals surface area contributed by atoms with Gasteiger partial charge in [-0.3, -0.25) is 4.79 Å². The van der Waals surface area contributed by atoms with Crippen LogP contribution in [-0.2, 0) is 14.3 Å². The van der Waals surface area contributed by atoms with Gasteiger partial charge in [-0.1, -0.05) is 54.4 Å². The maximum atomic E-state index is 11.8. The molecule has 9 unspecified atom stereocenters. The number of methoxy groups -OCH3 is 1. The molecule has 4 fully saturated rings. The SMILES string of the molecule is CC.COC[C@H]1CC(OC(C)=O)CC2C3(C)CCC4C(C)CCCC4(C)C3CC(O)C21C. The highest BCUT2D eigenvalue weighted by molar-refractivity contribution is 5.66. The van der Waals surface area contributed by atoms with Crippen molar-refractivity contribution in [3.8, 4) is 0 Å². The van der Waals surface area contributed by atoms with Crippen LogP contribution in [0.4, 0.5) is 0 Å². The number of carbonyl (C=O) groups is 1. The van der Waals surface area contributed by atoms with E-state index in [0.29, 0.717) is 23.9 Å². The summed E-state index contributed by atoms with van der Waals surface area (Å²) in [6.45, 7) is 16.0. The molecule has 0 radical (unpaired) electrons. The first kappa shape index (κ1) is 26.0. The van der Waals surface area contributed by atoms with Gasteiger partial charge in [0, 0.05) is 26.1 Å². The Kier molecular flexibility index (Phi) is 7.77. The highest BCUT2D eigenvalue weighted by Crippen LogP contribution is 2.71. The molecule has 0 saturated heterocycles. The molecule has 4 aliphatic carbocycles. The Morgan fingerprint density at radius 2 is 1.69 bits per heavy atom. The van der Waals surface area contributed by atoms with Crippen LogP contribution in [0.15, 0.2) is 0 Å². The molecule has 0 aliphatic heterocycles. The van der Waals surface area contributed by atoms with Gasteiger partial charge in [0.05, 0.1) is 6.10 Å². The van der Waals surface area contributed by atoms with Crippen molar-refractivity contribution in [3.05, 3.63) is 0 Å². The molecular formula is C28H50O4. The van der Waals surface area contributed by atoms with Crippen molar-refractivity contribution in [2.75, 3.05) is 13.7 Å². The molecule has 4 rings (SSSR count). The number of fused-ring (bicyclic) bond motifs is 5. The second kappa shape index (κ2) is 9.56. The summed E-state index contributed by atoms with van der Waals surface area (Å²) in [7, 11) is 1.75. The quantitative estimate of drug-likeness (QED) is 0.517. The summed E-state index contributed by atoms with van der Waals surface area (Å²) in [6.07, 6.45) is 8.76. The second-order valence-corrected chi connectivity index (χ2v) is 12.1. The van der Waals surface area contributed by atoms with Gasteiger partial charge < -0.3 is 14.6 Å². The first-order valence-electron chi connectivity index (χ1n) is 13.4. The van der Waals surface area contributed by atoms with Gasteiger partial charge in [-0.15, -0.1) is 0 Å². The Hall–Kier alpha value is -0.610. The summed E-state index contributed by atoms with van der Waals surface area (Å²) in [5.41, 5.74) is 0.320. The monoisotopic (exact) mass is 450 g/mol. The molecular weight excluding hydrogens is 400 g/mol. The van der Waals surface area contributed by atoms with Crippen LogP contribution in [0.2, 0.25) is 0 Å². The van der Waals surface area contributed by atoms with Crippen LogP contribution in [-0.4, -0.2) is 37.0 Å². The van der Waals surface area contributed by atoms with E-state index in [1.165, 1.54) is 39.0 Å². The standard InChI is InChI=1S/C26H44O4.C2H6/c1-16-8-7-10-24(3)20(16)9-11-25(4)21(24)14-23(28)26(5)18(15-29-6)12-19(13-22(25)26)30-17(2)27;1-2/h16,18-23,28H,7-15H2,1-6H3;1-2H3/t16?,18-,19?,20?,21?,22?,23?,24?,25?,26?;/m1./s1. The average molecular weight is 451 g/mol. The summed E-state index contributed by atoms with van der Waals surface area (Å²) >= 11 is 0. The van der Waals surface area contributed by atoms with Crippen LogP contribution in [0, 0.1) is 45.8 Å². The fraction of sp³-hybridized carbons (Fsp3) is 0.964. The predicted molar refractivity (Wildman–Crippen MR) is 129 cm³/mol. The summed E-state index contributed by atoms with van der Waals surface area (Å²) in [4.78, 5) is 11.8. The Morgan fingerprint density at radius 3 is 2.31 bits per heavy atom. The van der Waals surface area contributed by atoms with Crippen LogP contribution in [0.3, 0.4) is 0 Å². The van der Waals surface area contributed by atoms with E-state index in [2.05, 4.69) is 27.7 Å². The lowest BCUT2D eigenvalue weighted by molar-refractivity contribution is -0.253. The minimum atomic E-state index is -0.313. The van der Waals surface area contributed by atoms with Crippen LogP contribution in [0.25, 0.3) is 0 Å². The lowest BCUT2D eigenvalue weighted by atomic mass is 9.35. The fourth-order valence-electron chi connectivity index (χ4n) is 9.45. The van der Waals surface area contributed by atoms with Crippen LogP contribution in [0.5, 0.6) is 0 Å². The largest absolute Gasteiger partial charge is 0.463 e. The molecule has 1 N–H and O–H groups in total. The first-order chi connectivity index (χ1) is 15.1. The number of hydrogen-bond acceptors (Lipinski definition) is 4. The molecule has 0 aromatic rings. The Balaban J connectivity index is 0.00000141.